The highest BCUT2D eigenvalue weighted by Crippen LogP contribution is 2.31. The molecule has 0 spiro atoms. The number of rotatable bonds is 5. The summed E-state index contributed by atoms with van der Waals surface area (Å²) < 4.78 is 10.4. The summed E-state index contributed by atoms with van der Waals surface area (Å²) in [5, 5.41) is 7.16. The van der Waals surface area contributed by atoms with E-state index in [0.717, 1.165) is 24.2 Å². The molecule has 4 rings (SSSR count). The molecule has 0 saturated carbocycles. The number of ether oxygens (including phenoxy) is 2. The van der Waals surface area contributed by atoms with Crippen molar-refractivity contribution in [3.63, 3.8) is 0 Å². The van der Waals surface area contributed by atoms with Gasteiger partial charge in [0.15, 0.2) is 0 Å². The van der Waals surface area contributed by atoms with Gasteiger partial charge in [-0.05, 0) is 32.0 Å². The Kier molecular flexibility index (Phi) is 5.85. The van der Waals surface area contributed by atoms with E-state index < -0.39 is 0 Å². The van der Waals surface area contributed by atoms with Crippen LogP contribution in [0.5, 0.6) is 11.8 Å². The van der Waals surface area contributed by atoms with Gasteiger partial charge in [-0.2, -0.15) is 4.98 Å². The van der Waals surface area contributed by atoms with Crippen LogP contribution < -0.4 is 25.0 Å². The van der Waals surface area contributed by atoms with E-state index >= 15 is 0 Å². The van der Waals surface area contributed by atoms with Gasteiger partial charge in [-0.25, -0.2) is 9.97 Å². The highest BCUT2D eigenvalue weighted by Gasteiger charge is 2.24. The van der Waals surface area contributed by atoms with Crippen molar-refractivity contribution in [1.29, 1.82) is 0 Å². The number of piperazine rings is 1. The molecule has 2 aromatic heterocycles. The van der Waals surface area contributed by atoms with Gasteiger partial charge in [-0.1, -0.05) is 0 Å². The molecule has 0 unspecified atom stereocenters. The van der Waals surface area contributed by atoms with Crippen LogP contribution in [0.1, 0.15) is 24.2 Å². The Labute approximate surface area is 180 Å². The Bertz CT molecular complexity index is 1100. The number of hydrogen-bond acceptors (Lipinski definition) is 8. The maximum atomic E-state index is 13.1. The molecule has 0 radical (unpaired) electrons. The molecule has 0 bridgehead atoms. The van der Waals surface area contributed by atoms with Crippen molar-refractivity contribution in [2.24, 2.45) is 0 Å². The fourth-order valence-electron chi connectivity index (χ4n) is 3.96. The van der Waals surface area contributed by atoms with Crippen LogP contribution in [-0.4, -0.2) is 60.3 Å². The minimum Gasteiger partial charge on any atom is -0.497 e. The summed E-state index contributed by atoms with van der Waals surface area (Å²) in [7, 11) is 3.07. The first-order chi connectivity index (χ1) is 15.0. The van der Waals surface area contributed by atoms with Crippen LogP contribution in [0.4, 0.5) is 11.5 Å². The topological polar surface area (TPSA) is 102 Å². The first-order valence-electron chi connectivity index (χ1n) is 10.1. The normalized spacial score (nSPS) is 18.6. The SMILES string of the molecule is COc1ccnc(NC(=O)c2ccc(N3C[C@@H](C)N[C@H](C)C3)c3cnc(OC)nc23)c1. The summed E-state index contributed by atoms with van der Waals surface area (Å²) in [5.74, 6) is 0.684. The van der Waals surface area contributed by atoms with E-state index in [-0.39, 0.29) is 11.9 Å². The maximum Gasteiger partial charge on any atom is 0.316 e. The lowest BCUT2D eigenvalue weighted by atomic mass is 10.0. The molecule has 3 aromatic rings. The summed E-state index contributed by atoms with van der Waals surface area (Å²) in [6, 6.07) is 8.02. The summed E-state index contributed by atoms with van der Waals surface area (Å²) in [4.78, 5) is 28.4. The standard InChI is InChI=1S/C22H26N6O3/c1-13-11-28(12-14(2)25-13)18-6-5-16(20-17(18)10-24-22(27-20)31-4)21(29)26-19-9-15(30-3)7-8-23-19/h5-10,13-14,25H,11-12H2,1-4H3,(H,23,26,29)/t13-,14-/m1/s1. The molecule has 0 aliphatic carbocycles. The molecule has 1 amide bonds. The van der Waals surface area contributed by atoms with E-state index in [4.69, 9.17) is 9.47 Å². The molecule has 9 heteroatoms. The molecular formula is C22H26N6O3. The molecule has 2 N–H and O–H groups in total. The lowest BCUT2D eigenvalue weighted by Gasteiger charge is -2.38. The van der Waals surface area contributed by atoms with Crippen molar-refractivity contribution in [3.05, 3.63) is 42.2 Å². The van der Waals surface area contributed by atoms with Gasteiger partial charge in [0.2, 0.25) is 0 Å². The Balaban J connectivity index is 1.74. The average molecular weight is 422 g/mol. The van der Waals surface area contributed by atoms with E-state index in [1.165, 1.54) is 7.11 Å². The molecule has 31 heavy (non-hydrogen) atoms. The summed E-state index contributed by atoms with van der Waals surface area (Å²) in [6.07, 6.45) is 3.29. The van der Waals surface area contributed by atoms with Gasteiger partial charge in [-0.3, -0.25) is 4.79 Å². The van der Waals surface area contributed by atoms with Crippen molar-refractivity contribution in [1.82, 2.24) is 20.3 Å². The molecule has 162 valence electrons. The predicted octanol–water partition coefficient (Wildman–Crippen LogP) is 2.48. The monoisotopic (exact) mass is 422 g/mol. The van der Waals surface area contributed by atoms with Gasteiger partial charge in [-0.15, -0.1) is 0 Å². The third-order valence-corrected chi connectivity index (χ3v) is 5.24. The first-order valence-corrected chi connectivity index (χ1v) is 10.1. The summed E-state index contributed by atoms with van der Waals surface area (Å²) in [5.41, 5.74) is 1.94. The number of aromatic nitrogens is 3. The Hall–Kier alpha value is -3.46. The number of carbonyl (C=O) groups is 1. The van der Waals surface area contributed by atoms with Crippen LogP contribution in [0.3, 0.4) is 0 Å². The second-order valence-corrected chi connectivity index (χ2v) is 7.66. The van der Waals surface area contributed by atoms with Gasteiger partial charge < -0.3 is 25.0 Å². The highest BCUT2D eigenvalue weighted by atomic mass is 16.5. The van der Waals surface area contributed by atoms with Crippen molar-refractivity contribution in [2.75, 3.05) is 37.5 Å². The maximum absolute atomic E-state index is 13.1. The minimum atomic E-state index is -0.319. The van der Waals surface area contributed by atoms with Crippen molar-refractivity contribution in [3.8, 4) is 11.8 Å². The molecule has 2 atom stereocenters. The van der Waals surface area contributed by atoms with Gasteiger partial charge in [0.1, 0.15) is 11.6 Å². The van der Waals surface area contributed by atoms with E-state index in [1.54, 1.807) is 37.7 Å². The van der Waals surface area contributed by atoms with Gasteiger partial charge in [0, 0.05) is 54.7 Å². The number of amides is 1. The van der Waals surface area contributed by atoms with Crippen LogP contribution in [0.2, 0.25) is 0 Å². The van der Waals surface area contributed by atoms with E-state index in [9.17, 15) is 4.79 Å². The highest BCUT2D eigenvalue weighted by molar-refractivity contribution is 6.13. The molecule has 1 aromatic carbocycles. The lowest BCUT2D eigenvalue weighted by Crippen LogP contribution is -2.54. The van der Waals surface area contributed by atoms with Crippen molar-refractivity contribution < 1.29 is 14.3 Å². The molecule has 1 saturated heterocycles. The third-order valence-electron chi connectivity index (χ3n) is 5.24. The average Bonchev–Trinajstić information content (AvgIpc) is 2.77. The van der Waals surface area contributed by atoms with E-state index in [2.05, 4.69) is 44.3 Å². The smallest absolute Gasteiger partial charge is 0.316 e. The predicted molar refractivity (Wildman–Crippen MR) is 119 cm³/mol. The van der Waals surface area contributed by atoms with Crippen LogP contribution in [0.15, 0.2) is 36.7 Å². The quantitative estimate of drug-likeness (QED) is 0.647. The minimum absolute atomic E-state index is 0.209. The summed E-state index contributed by atoms with van der Waals surface area (Å²) >= 11 is 0. The fourth-order valence-corrected chi connectivity index (χ4v) is 3.96. The molecule has 1 fully saturated rings. The van der Waals surface area contributed by atoms with Gasteiger partial charge in [0.25, 0.3) is 5.91 Å². The number of carbonyl (C=O) groups excluding carboxylic acids is 1. The van der Waals surface area contributed by atoms with Gasteiger partial charge >= 0.3 is 6.01 Å². The zero-order valence-corrected chi connectivity index (χ0v) is 18.0. The van der Waals surface area contributed by atoms with E-state index in [0.29, 0.717) is 34.7 Å². The lowest BCUT2D eigenvalue weighted by molar-refractivity contribution is 0.102. The van der Waals surface area contributed by atoms with Crippen LogP contribution >= 0.6 is 0 Å². The second-order valence-electron chi connectivity index (χ2n) is 7.66. The molecular weight excluding hydrogens is 396 g/mol. The Morgan fingerprint density at radius 2 is 1.90 bits per heavy atom. The number of fused-ring (bicyclic) bond motifs is 1. The fraction of sp³-hybridized carbons (Fsp3) is 0.364. The molecule has 3 heterocycles. The van der Waals surface area contributed by atoms with E-state index in [1.807, 2.05) is 6.07 Å². The zero-order valence-electron chi connectivity index (χ0n) is 18.0. The summed E-state index contributed by atoms with van der Waals surface area (Å²) in [6.45, 7) is 6.02. The number of nitrogens with one attached hydrogen (secondary N) is 2. The number of pyridine rings is 1. The Morgan fingerprint density at radius 1 is 1.13 bits per heavy atom. The van der Waals surface area contributed by atoms with Crippen LogP contribution in [0.25, 0.3) is 10.9 Å². The third kappa shape index (κ3) is 4.36. The number of nitrogens with zero attached hydrogens (tertiary/aromatic N) is 4. The Morgan fingerprint density at radius 3 is 2.61 bits per heavy atom. The number of anilines is 2. The molecule has 1 aliphatic rings. The largest absolute Gasteiger partial charge is 0.497 e. The van der Waals surface area contributed by atoms with Crippen molar-refractivity contribution >= 4 is 28.3 Å². The van der Waals surface area contributed by atoms with Gasteiger partial charge in [0.05, 0.1) is 25.3 Å². The van der Waals surface area contributed by atoms with Crippen LogP contribution in [0, 0.1) is 0 Å². The number of hydrogen-bond donors (Lipinski definition) is 2. The number of benzene rings is 1. The zero-order chi connectivity index (χ0) is 22.0. The molecule has 1 aliphatic heterocycles. The molecule has 9 nitrogen and oxygen atoms in total. The van der Waals surface area contributed by atoms with Crippen molar-refractivity contribution in [2.45, 2.75) is 25.9 Å². The first kappa shape index (κ1) is 20.8. The number of methoxy groups -OCH3 is 2. The van der Waals surface area contributed by atoms with Crippen LogP contribution in [-0.2, 0) is 0 Å². The second kappa shape index (κ2) is 8.73.